The van der Waals surface area contributed by atoms with E-state index >= 15 is 0 Å². The number of imide groups is 1. The number of hydrogen-bond acceptors (Lipinski definition) is 7. The molecule has 2 rings (SSSR count). The Labute approximate surface area is 129 Å². The summed E-state index contributed by atoms with van der Waals surface area (Å²) in [5.41, 5.74) is 0. The molecule has 0 N–H and O–H groups in total. The van der Waals surface area contributed by atoms with E-state index in [9.17, 15) is 14.4 Å². The van der Waals surface area contributed by atoms with Crippen LogP contribution in [0.3, 0.4) is 0 Å². The predicted molar refractivity (Wildman–Crippen MR) is 78.9 cm³/mol. The van der Waals surface area contributed by atoms with Crippen molar-refractivity contribution in [2.75, 3.05) is 5.75 Å². The zero-order chi connectivity index (χ0) is 15.1. The molecule has 8 heteroatoms. The molecule has 21 heavy (non-hydrogen) atoms. The second kappa shape index (κ2) is 7.84. The fourth-order valence-electron chi connectivity index (χ4n) is 1.40. The van der Waals surface area contributed by atoms with Gasteiger partial charge in [0.25, 0.3) is 11.8 Å². The second-order valence-electron chi connectivity index (χ2n) is 3.94. The third-order valence-electron chi connectivity index (χ3n) is 2.35. The summed E-state index contributed by atoms with van der Waals surface area (Å²) in [6.45, 7) is 0. The Balaban J connectivity index is 1.59. The van der Waals surface area contributed by atoms with Gasteiger partial charge in [0.1, 0.15) is 5.03 Å². The molecule has 6 nitrogen and oxygen atoms in total. The Morgan fingerprint density at radius 1 is 1.24 bits per heavy atom. The van der Waals surface area contributed by atoms with Crippen LogP contribution in [-0.4, -0.2) is 33.6 Å². The molecule has 0 bridgehead atoms. The van der Waals surface area contributed by atoms with Gasteiger partial charge in [0.2, 0.25) is 0 Å². The first-order chi connectivity index (χ1) is 10.2. The predicted octanol–water partition coefficient (Wildman–Crippen LogP) is 1.99. The van der Waals surface area contributed by atoms with Crippen molar-refractivity contribution in [3.8, 4) is 0 Å². The van der Waals surface area contributed by atoms with E-state index < -0.39 is 17.8 Å². The summed E-state index contributed by atoms with van der Waals surface area (Å²) in [6.07, 6.45) is 4.59. The monoisotopic (exact) mass is 324 g/mol. The minimum Gasteiger partial charge on any atom is -0.330 e. The van der Waals surface area contributed by atoms with Gasteiger partial charge in [-0.25, -0.2) is 9.78 Å². The molecule has 0 fully saturated rings. The Kier molecular flexibility index (Phi) is 5.82. The average molecular weight is 324 g/mol. The van der Waals surface area contributed by atoms with Crippen LogP contribution in [0.25, 0.3) is 0 Å². The first-order valence-electron chi connectivity index (χ1n) is 6.14. The molecule has 0 radical (unpaired) electrons. The van der Waals surface area contributed by atoms with Crippen molar-refractivity contribution < 1.29 is 19.2 Å². The number of nitrogens with zero attached hydrogens (tertiary/aromatic N) is 2. The lowest BCUT2D eigenvalue weighted by atomic mass is 10.3. The van der Waals surface area contributed by atoms with E-state index in [1.54, 1.807) is 17.0 Å². The lowest BCUT2D eigenvalue weighted by Gasteiger charge is -2.12. The highest BCUT2D eigenvalue weighted by Crippen LogP contribution is 2.29. The van der Waals surface area contributed by atoms with E-state index in [4.69, 9.17) is 4.84 Å². The van der Waals surface area contributed by atoms with Crippen LogP contribution in [0.2, 0.25) is 0 Å². The van der Waals surface area contributed by atoms with Crippen molar-refractivity contribution in [2.45, 2.75) is 17.9 Å². The topological polar surface area (TPSA) is 76.6 Å². The van der Waals surface area contributed by atoms with Crippen LogP contribution in [0.1, 0.15) is 12.8 Å². The average Bonchev–Trinajstić information content (AvgIpc) is 2.80. The van der Waals surface area contributed by atoms with Gasteiger partial charge in [-0.15, -0.1) is 0 Å². The highest BCUT2D eigenvalue weighted by Gasteiger charge is 2.27. The molecule has 0 atom stereocenters. The summed E-state index contributed by atoms with van der Waals surface area (Å²) in [6, 6.07) is 5.66. The molecular formula is C13H12N2O4S2. The van der Waals surface area contributed by atoms with Crippen LogP contribution in [0.5, 0.6) is 0 Å². The number of hydroxylamine groups is 2. The fourth-order valence-corrected chi connectivity index (χ4v) is 3.36. The third-order valence-corrected chi connectivity index (χ3v) is 4.70. The molecule has 110 valence electrons. The van der Waals surface area contributed by atoms with Crippen LogP contribution in [0.15, 0.2) is 41.6 Å². The number of pyridine rings is 1. The summed E-state index contributed by atoms with van der Waals surface area (Å²) in [4.78, 5) is 42.7. The first kappa shape index (κ1) is 15.6. The lowest BCUT2D eigenvalue weighted by Crippen LogP contribution is -2.32. The fraction of sp³-hybridized carbons (Fsp3) is 0.231. The maximum Gasteiger partial charge on any atom is 0.333 e. The molecule has 1 aliphatic heterocycles. The molecule has 1 aromatic rings. The standard InChI is InChI=1S/C13H12N2O4S2/c16-11-6-7-12(17)15(11)19-13(18)5-3-9-20-21-10-4-1-2-8-14-10/h1-2,4,6-8H,3,5,9H2. The summed E-state index contributed by atoms with van der Waals surface area (Å²) < 4.78 is 0. The van der Waals surface area contributed by atoms with E-state index in [0.29, 0.717) is 11.5 Å². The maximum absolute atomic E-state index is 11.5. The highest BCUT2D eigenvalue weighted by molar-refractivity contribution is 8.76. The summed E-state index contributed by atoms with van der Waals surface area (Å²) in [5.74, 6) is -1.12. The normalized spacial score (nSPS) is 13.8. The number of amides is 2. The van der Waals surface area contributed by atoms with E-state index in [2.05, 4.69) is 4.98 Å². The molecule has 0 saturated heterocycles. The van der Waals surface area contributed by atoms with Crippen molar-refractivity contribution in [3.05, 3.63) is 36.5 Å². The quantitative estimate of drug-likeness (QED) is 0.431. The first-order valence-corrected chi connectivity index (χ1v) is 8.46. The van der Waals surface area contributed by atoms with E-state index in [1.165, 1.54) is 10.8 Å². The number of rotatable bonds is 7. The Morgan fingerprint density at radius 2 is 2.00 bits per heavy atom. The number of carbonyl (C=O) groups excluding carboxylic acids is 3. The van der Waals surface area contributed by atoms with Crippen molar-refractivity contribution in [2.24, 2.45) is 0 Å². The van der Waals surface area contributed by atoms with Gasteiger partial charge in [-0.1, -0.05) is 21.9 Å². The Hall–Kier alpha value is -1.80. The van der Waals surface area contributed by atoms with Gasteiger partial charge in [-0.05, 0) is 29.3 Å². The molecule has 0 spiro atoms. The van der Waals surface area contributed by atoms with Gasteiger partial charge in [0.05, 0.1) is 0 Å². The van der Waals surface area contributed by atoms with Crippen LogP contribution in [-0.2, 0) is 19.2 Å². The maximum atomic E-state index is 11.5. The SMILES string of the molecule is O=C(CCCSSc1ccccn1)ON1C(=O)C=CC1=O. The molecular weight excluding hydrogens is 312 g/mol. The van der Waals surface area contributed by atoms with E-state index in [-0.39, 0.29) is 6.42 Å². The van der Waals surface area contributed by atoms with Crippen molar-refractivity contribution in [1.82, 2.24) is 10.0 Å². The molecule has 0 aliphatic carbocycles. The largest absolute Gasteiger partial charge is 0.333 e. The Morgan fingerprint density at radius 3 is 2.67 bits per heavy atom. The number of hydrogen-bond donors (Lipinski definition) is 0. The van der Waals surface area contributed by atoms with Gasteiger partial charge in [0.15, 0.2) is 0 Å². The smallest absolute Gasteiger partial charge is 0.330 e. The second-order valence-corrected chi connectivity index (χ2v) is 6.38. The van der Waals surface area contributed by atoms with Gasteiger partial charge in [0, 0.05) is 30.5 Å². The van der Waals surface area contributed by atoms with Crippen LogP contribution in [0, 0.1) is 0 Å². The lowest BCUT2D eigenvalue weighted by molar-refractivity contribution is -0.196. The minimum absolute atomic E-state index is 0.146. The number of aromatic nitrogens is 1. The molecule has 0 aromatic carbocycles. The minimum atomic E-state index is -0.631. The molecule has 2 amide bonds. The summed E-state index contributed by atoms with van der Waals surface area (Å²) >= 11 is 0. The zero-order valence-corrected chi connectivity index (χ0v) is 12.6. The molecule has 0 saturated carbocycles. The molecule has 1 aromatic heterocycles. The van der Waals surface area contributed by atoms with Gasteiger partial charge in [-0.2, -0.15) is 0 Å². The third kappa shape index (κ3) is 4.91. The van der Waals surface area contributed by atoms with Gasteiger partial charge in [-0.3, -0.25) is 9.59 Å². The summed E-state index contributed by atoms with van der Waals surface area (Å²) in [7, 11) is 3.11. The summed E-state index contributed by atoms with van der Waals surface area (Å²) in [5, 5.41) is 1.38. The zero-order valence-electron chi connectivity index (χ0n) is 10.9. The van der Waals surface area contributed by atoms with Crippen LogP contribution < -0.4 is 0 Å². The van der Waals surface area contributed by atoms with Crippen molar-refractivity contribution in [1.29, 1.82) is 0 Å². The molecule has 1 aliphatic rings. The van der Waals surface area contributed by atoms with Crippen LogP contribution in [0.4, 0.5) is 0 Å². The van der Waals surface area contributed by atoms with Gasteiger partial charge < -0.3 is 4.84 Å². The van der Waals surface area contributed by atoms with Crippen molar-refractivity contribution >= 4 is 39.4 Å². The molecule has 0 unspecified atom stereocenters. The van der Waals surface area contributed by atoms with Crippen LogP contribution >= 0.6 is 21.6 Å². The Bertz CT molecular complexity index is 545. The molecule has 2 heterocycles. The number of carbonyl (C=O) groups is 3. The van der Waals surface area contributed by atoms with E-state index in [0.717, 1.165) is 22.9 Å². The van der Waals surface area contributed by atoms with Gasteiger partial charge >= 0.3 is 5.97 Å². The van der Waals surface area contributed by atoms with Crippen molar-refractivity contribution in [3.63, 3.8) is 0 Å². The highest BCUT2D eigenvalue weighted by atomic mass is 33.1. The van der Waals surface area contributed by atoms with E-state index in [1.807, 2.05) is 18.2 Å².